The van der Waals surface area contributed by atoms with Crippen molar-refractivity contribution in [3.05, 3.63) is 0 Å². The quantitative estimate of drug-likeness (QED) is 0.513. The molecule has 0 atom stereocenters. The van der Waals surface area contributed by atoms with Crippen LogP contribution in [-0.4, -0.2) is 31.3 Å². The van der Waals surface area contributed by atoms with Crippen molar-refractivity contribution in [1.82, 2.24) is 3.94 Å². The molecule has 0 amide bonds. The minimum atomic E-state index is -3.44. The molecular weight excluding hydrogens is 213 g/mol. The van der Waals surface area contributed by atoms with Crippen LogP contribution in [0, 0.1) is 0 Å². The lowest BCUT2D eigenvalue weighted by atomic mass is 10.8. The molecule has 0 aromatic carbocycles. The third-order valence-corrected chi connectivity index (χ3v) is 2.42. The summed E-state index contributed by atoms with van der Waals surface area (Å²) < 4.78 is 26.7. The average Bonchev–Trinajstić information content (AvgIpc) is 1.84. The zero-order valence-corrected chi connectivity index (χ0v) is 8.29. The molecule has 0 heterocycles. The molecule has 0 saturated heterocycles. The van der Waals surface area contributed by atoms with Crippen molar-refractivity contribution in [1.29, 1.82) is 0 Å². The summed E-state index contributed by atoms with van der Waals surface area (Å²) in [6, 6.07) is 0. The predicted octanol–water partition coefficient (Wildman–Crippen LogP) is 0.962. The van der Waals surface area contributed by atoms with Gasteiger partial charge in [0.2, 0.25) is 0 Å². The molecular formula is C4H9Cl2NO3S. The van der Waals surface area contributed by atoms with Gasteiger partial charge in [-0.3, -0.25) is 4.18 Å². The van der Waals surface area contributed by atoms with E-state index >= 15 is 0 Å². The molecule has 0 spiro atoms. The fourth-order valence-corrected chi connectivity index (χ4v) is 1.67. The highest BCUT2D eigenvalue weighted by molar-refractivity contribution is 7.86. The summed E-state index contributed by atoms with van der Waals surface area (Å²) in [5, 5.41) is 0. The van der Waals surface area contributed by atoms with E-state index in [4.69, 9.17) is 23.6 Å². The highest BCUT2D eigenvalue weighted by Gasteiger charge is 2.10. The summed E-state index contributed by atoms with van der Waals surface area (Å²) in [4.78, 5) is 0. The van der Waals surface area contributed by atoms with Gasteiger partial charge in [0.25, 0.3) is 10.1 Å². The van der Waals surface area contributed by atoms with Crippen LogP contribution >= 0.6 is 23.6 Å². The zero-order valence-electron chi connectivity index (χ0n) is 5.96. The summed E-state index contributed by atoms with van der Waals surface area (Å²) in [5.41, 5.74) is 0. The lowest BCUT2D eigenvalue weighted by molar-refractivity contribution is 0.337. The van der Waals surface area contributed by atoms with Gasteiger partial charge in [0.05, 0.1) is 12.4 Å². The third-order valence-electron chi connectivity index (χ3n) is 0.808. The van der Waals surface area contributed by atoms with E-state index in [1.54, 1.807) is 6.92 Å². The maximum atomic E-state index is 10.8. The molecule has 0 unspecified atom stereocenters. The number of hydrogen-bond acceptors (Lipinski definition) is 4. The second kappa shape index (κ2) is 5.16. The first kappa shape index (κ1) is 11.4. The molecule has 0 N–H and O–H groups in total. The third kappa shape index (κ3) is 6.83. The molecule has 0 aromatic rings. The van der Waals surface area contributed by atoms with Gasteiger partial charge in [-0.2, -0.15) is 8.42 Å². The van der Waals surface area contributed by atoms with Gasteiger partial charge in [-0.1, -0.05) is 0 Å². The maximum absolute atomic E-state index is 10.8. The summed E-state index contributed by atoms with van der Waals surface area (Å²) in [7, 11) is -3.44. The Labute approximate surface area is 76.4 Å². The molecule has 7 heteroatoms. The number of hydrogen-bond donors (Lipinski definition) is 0. The van der Waals surface area contributed by atoms with Gasteiger partial charge in [0.15, 0.2) is 0 Å². The Bertz CT molecular complexity index is 192. The van der Waals surface area contributed by atoms with Gasteiger partial charge >= 0.3 is 0 Å². The molecule has 0 aromatic heterocycles. The van der Waals surface area contributed by atoms with Gasteiger partial charge in [0, 0.05) is 6.54 Å². The largest absolute Gasteiger partial charge is 0.270 e. The molecule has 0 saturated carbocycles. The van der Waals surface area contributed by atoms with E-state index in [1.165, 1.54) is 0 Å². The molecule has 0 radical (unpaired) electrons. The second-order valence-electron chi connectivity index (χ2n) is 1.69. The lowest BCUT2D eigenvalue weighted by Crippen LogP contribution is -2.17. The van der Waals surface area contributed by atoms with Crippen LogP contribution in [0.3, 0.4) is 0 Å². The van der Waals surface area contributed by atoms with Gasteiger partial charge in [-0.05, 0) is 30.5 Å². The fraction of sp³-hybridized carbons (Fsp3) is 1.00. The monoisotopic (exact) mass is 221 g/mol. The Hall–Kier alpha value is 0.450. The highest BCUT2D eigenvalue weighted by atomic mass is 35.5. The Balaban J connectivity index is 3.74. The summed E-state index contributed by atoms with van der Waals surface area (Å²) in [6.45, 7) is 1.76. The van der Waals surface area contributed by atoms with Crippen molar-refractivity contribution in [3.8, 4) is 0 Å². The maximum Gasteiger partial charge on any atom is 0.268 e. The van der Waals surface area contributed by atoms with E-state index in [-0.39, 0.29) is 18.9 Å². The average molecular weight is 222 g/mol. The van der Waals surface area contributed by atoms with Crippen LogP contribution in [-0.2, 0) is 14.3 Å². The normalized spacial score (nSPS) is 12.4. The summed E-state index contributed by atoms with van der Waals surface area (Å²) in [5.74, 6) is -0.201. The van der Waals surface area contributed by atoms with Gasteiger partial charge < -0.3 is 0 Å². The number of halogens is 2. The predicted molar refractivity (Wildman–Crippen MR) is 43.8 cm³/mol. The van der Waals surface area contributed by atoms with Crippen LogP contribution in [0.1, 0.15) is 6.92 Å². The van der Waals surface area contributed by atoms with E-state index in [9.17, 15) is 8.42 Å². The lowest BCUT2D eigenvalue weighted by Gasteiger charge is -2.04. The van der Waals surface area contributed by atoms with E-state index in [0.29, 0.717) is 0 Å². The highest BCUT2D eigenvalue weighted by Crippen LogP contribution is 2.00. The van der Waals surface area contributed by atoms with E-state index in [1.807, 2.05) is 0 Å². The standard InChI is InChI=1S/C4H9Cl2NO3S/c1-2-10-11(8,9)4-3-7(5)6/h2-4H2,1H3. The molecule has 0 aliphatic carbocycles. The van der Waals surface area contributed by atoms with E-state index < -0.39 is 10.1 Å². The minimum absolute atomic E-state index is 0.0332. The topological polar surface area (TPSA) is 46.6 Å². The van der Waals surface area contributed by atoms with Gasteiger partial charge in [-0.25, -0.2) is 0 Å². The van der Waals surface area contributed by atoms with Gasteiger partial charge in [-0.15, -0.1) is 3.94 Å². The van der Waals surface area contributed by atoms with Crippen molar-refractivity contribution in [2.75, 3.05) is 18.9 Å². The van der Waals surface area contributed by atoms with Crippen molar-refractivity contribution in [3.63, 3.8) is 0 Å². The van der Waals surface area contributed by atoms with Gasteiger partial charge in [0.1, 0.15) is 0 Å². The number of nitrogens with zero attached hydrogens (tertiary/aromatic N) is 1. The Kier molecular flexibility index (Phi) is 5.37. The fourth-order valence-electron chi connectivity index (χ4n) is 0.419. The van der Waals surface area contributed by atoms with Crippen molar-refractivity contribution in [2.24, 2.45) is 0 Å². The van der Waals surface area contributed by atoms with Crippen LogP contribution in [0.15, 0.2) is 0 Å². The van der Waals surface area contributed by atoms with E-state index in [0.717, 1.165) is 3.94 Å². The minimum Gasteiger partial charge on any atom is -0.270 e. The Morgan fingerprint density at radius 3 is 2.36 bits per heavy atom. The zero-order chi connectivity index (χ0) is 8.91. The van der Waals surface area contributed by atoms with Crippen molar-refractivity contribution >= 4 is 33.7 Å². The second-order valence-corrected chi connectivity index (χ2v) is 4.44. The first-order valence-electron chi connectivity index (χ1n) is 2.94. The van der Waals surface area contributed by atoms with Crippen LogP contribution in [0.25, 0.3) is 0 Å². The van der Waals surface area contributed by atoms with Crippen LogP contribution < -0.4 is 0 Å². The van der Waals surface area contributed by atoms with Crippen LogP contribution in [0.4, 0.5) is 0 Å². The van der Waals surface area contributed by atoms with Crippen LogP contribution in [0.2, 0.25) is 0 Å². The Morgan fingerprint density at radius 2 is 2.00 bits per heavy atom. The molecule has 0 rings (SSSR count). The first-order chi connectivity index (χ1) is 4.98. The Morgan fingerprint density at radius 1 is 1.45 bits per heavy atom. The molecule has 0 bridgehead atoms. The van der Waals surface area contributed by atoms with E-state index in [2.05, 4.69) is 4.18 Å². The molecule has 4 nitrogen and oxygen atoms in total. The molecule has 68 valence electrons. The SMILES string of the molecule is CCOS(=O)(=O)CCN(Cl)Cl. The molecule has 0 aliphatic heterocycles. The first-order valence-corrected chi connectivity index (χ1v) is 5.19. The summed E-state index contributed by atoms with van der Waals surface area (Å²) >= 11 is 10.3. The van der Waals surface area contributed by atoms with Crippen molar-refractivity contribution in [2.45, 2.75) is 6.92 Å². The molecule has 11 heavy (non-hydrogen) atoms. The molecule has 0 aliphatic rings. The smallest absolute Gasteiger partial charge is 0.268 e. The molecule has 0 fully saturated rings. The number of rotatable bonds is 5. The van der Waals surface area contributed by atoms with Crippen LogP contribution in [0.5, 0.6) is 0 Å². The van der Waals surface area contributed by atoms with Crippen molar-refractivity contribution < 1.29 is 12.6 Å². The summed E-state index contributed by atoms with van der Waals surface area (Å²) in [6.07, 6.45) is 0.